The zero-order chi connectivity index (χ0) is 17.4. The highest BCUT2D eigenvalue weighted by atomic mass is 19.1. The molecule has 0 aliphatic rings. The van der Waals surface area contributed by atoms with Gasteiger partial charge < -0.3 is 14.2 Å². The summed E-state index contributed by atoms with van der Waals surface area (Å²) in [7, 11) is 3.26. The van der Waals surface area contributed by atoms with Gasteiger partial charge in [0.05, 0.1) is 14.2 Å². The largest absolute Gasteiger partial charge is 0.493 e. The van der Waals surface area contributed by atoms with Crippen molar-refractivity contribution in [1.29, 1.82) is 0 Å². The molecule has 5 heteroatoms. The summed E-state index contributed by atoms with van der Waals surface area (Å²) in [5.74, 6) is 1.88. The van der Waals surface area contributed by atoms with Crippen LogP contribution in [-0.2, 0) is 6.54 Å². The average Bonchev–Trinajstić information content (AvgIpc) is 2.62. The second kappa shape index (κ2) is 9.13. The summed E-state index contributed by atoms with van der Waals surface area (Å²) in [6.07, 6.45) is 0. The molecule has 0 unspecified atom stereocenters. The van der Waals surface area contributed by atoms with E-state index in [9.17, 15) is 4.39 Å². The number of ether oxygens (including phenoxy) is 3. The third-order valence-corrected chi connectivity index (χ3v) is 3.79. The van der Waals surface area contributed by atoms with Crippen LogP contribution in [0.1, 0.15) is 12.5 Å². The van der Waals surface area contributed by atoms with E-state index >= 15 is 0 Å². The molecule has 0 radical (unpaired) electrons. The predicted octanol–water partition coefficient (Wildman–Crippen LogP) is 3.74. The molecule has 130 valence electrons. The van der Waals surface area contributed by atoms with Crippen molar-refractivity contribution in [1.82, 2.24) is 4.90 Å². The standard InChI is InChI=1S/C19H24FNO3/c1-4-21(11-12-24-17-8-6-16(20)7-9-17)14-15-5-10-18(22-2)19(13-15)23-3/h5-10,13H,4,11-12,14H2,1-3H3. The van der Waals surface area contributed by atoms with Crippen LogP contribution in [0.3, 0.4) is 0 Å². The van der Waals surface area contributed by atoms with Crippen LogP contribution in [0.4, 0.5) is 4.39 Å². The lowest BCUT2D eigenvalue weighted by Gasteiger charge is -2.21. The molecule has 0 aliphatic carbocycles. The predicted molar refractivity (Wildman–Crippen MR) is 92.4 cm³/mol. The van der Waals surface area contributed by atoms with Crippen LogP contribution < -0.4 is 14.2 Å². The molecule has 0 aliphatic heterocycles. The summed E-state index contributed by atoms with van der Waals surface area (Å²) in [6.45, 7) is 5.14. The van der Waals surface area contributed by atoms with Gasteiger partial charge in [-0.25, -0.2) is 4.39 Å². The normalized spacial score (nSPS) is 10.7. The number of methoxy groups -OCH3 is 2. The van der Waals surface area contributed by atoms with E-state index in [2.05, 4.69) is 11.8 Å². The van der Waals surface area contributed by atoms with Crippen LogP contribution in [0.15, 0.2) is 42.5 Å². The van der Waals surface area contributed by atoms with E-state index in [1.165, 1.54) is 12.1 Å². The second-order valence-electron chi connectivity index (χ2n) is 5.36. The van der Waals surface area contributed by atoms with Crippen LogP contribution >= 0.6 is 0 Å². The average molecular weight is 333 g/mol. The van der Waals surface area contributed by atoms with Crippen molar-refractivity contribution in [3.8, 4) is 17.2 Å². The van der Waals surface area contributed by atoms with E-state index in [1.807, 2.05) is 18.2 Å². The Morgan fingerprint density at radius 1 is 0.958 bits per heavy atom. The minimum atomic E-state index is -0.258. The molecule has 0 saturated carbocycles. The molecular weight excluding hydrogens is 309 g/mol. The third kappa shape index (κ3) is 5.13. The Bertz CT molecular complexity index is 631. The quantitative estimate of drug-likeness (QED) is 0.699. The highest BCUT2D eigenvalue weighted by Crippen LogP contribution is 2.28. The molecule has 2 aromatic rings. The number of halogens is 1. The van der Waals surface area contributed by atoms with Gasteiger partial charge >= 0.3 is 0 Å². The maximum Gasteiger partial charge on any atom is 0.161 e. The number of nitrogens with zero attached hydrogens (tertiary/aromatic N) is 1. The smallest absolute Gasteiger partial charge is 0.161 e. The fraction of sp³-hybridized carbons (Fsp3) is 0.368. The van der Waals surface area contributed by atoms with Crippen molar-refractivity contribution in [2.24, 2.45) is 0 Å². The Balaban J connectivity index is 1.88. The van der Waals surface area contributed by atoms with E-state index in [0.717, 1.165) is 36.7 Å². The van der Waals surface area contributed by atoms with Crippen LogP contribution in [-0.4, -0.2) is 38.8 Å². The van der Waals surface area contributed by atoms with Gasteiger partial charge in [-0.1, -0.05) is 13.0 Å². The van der Waals surface area contributed by atoms with Crippen LogP contribution in [0, 0.1) is 5.82 Å². The Morgan fingerprint density at radius 2 is 1.67 bits per heavy atom. The van der Waals surface area contributed by atoms with Gasteiger partial charge in [-0.05, 0) is 48.5 Å². The minimum absolute atomic E-state index is 0.258. The SMILES string of the molecule is CCN(CCOc1ccc(F)cc1)Cc1ccc(OC)c(OC)c1. The first-order valence-electron chi connectivity index (χ1n) is 7.98. The fourth-order valence-corrected chi connectivity index (χ4v) is 2.41. The zero-order valence-corrected chi connectivity index (χ0v) is 14.4. The lowest BCUT2D eigenvalue weighted by molar-refractivity contribution is 0.209. The third-order valence-electron chi connectivity index (χ3n) is 3.79. The Labute approximate surface area is 142 Å². The topological polar surface area (TPSA) is 30.9 Å². The van der Waals surface area contributed by atoms with Gasteiger partial charge in [0.25, 0.3) is 0 Å². The molecule has 0 atom stereocenters. The van der Waals surface area contributed by atoms with Crippen LogP contribution in [0.2, 0.25) is 0 Å². The zero-order valence-electron chi connectivity index (χ0n) is 14.4. The van der Waals surface area contributed by atoms with Crippen LogP contribution in [0.5, 0.6) is 17.2 Å². The molecular formula is C19H24FNO3. The Kier molecular flexibility index (Phi) is 6.88. The second-order valence-corrected chi connectivity index (χ2v) is 5.36. The van der Waals surface area contributed by atoms with Gasteiger partial charge in [0.2, 0.25) is 0 Å². The van der Waals surface area contributed by atoms with Gasteiger partial charge in [-0.3, -0.25) is 4.90 Å². The Hall–Kier alpha value is -2.27. The molecule has 0 aromatic heterocycles. The molecule has 0 amide bonds. The van der Waals surface area contributed by atoms with Crippen molar-refractivity contribution < 1.29 is 18.6 Å². The molecule has 0 bridgehead atoms. The van der Waals surface area contributed by atoms with Crippen molar-refractivity contribution in [2.45, 2.75) is 13.5 Å². The van der Waals surface area contributed by atoms with Crippen LogP contribution in [0.25, 0.3) is 0 Å². The summed E-state index contributed by atoms with van der Waals surface area (Å²) in [5.41, 5.74) is 1.15. The summed E-state index contributed by atoms with van der Waals surface area (Å²) >= 11 is 0. The van der Waals surface area contributed by atoms with Crippen molar-refractivity contribution in [3.05, 3.63) is 53.8 Å². The highest BCUT2D eigenvalue weighted by molar-refractivity contribution is 5.42. The summed E-state index contributed by atoms with van der Waals surface area (Å²) in [5, 5.41) is 0. The molecule has 0 N–H and O–H groups in total. The molecule has 0 saturated heterocycles. The number of benzene rings is 2. The first-order valence-corrected chi connectivity index (χ1v) is 7.98. The Morgan fingerprint density at radius 3 is 2.29 bits per heavy atom. The van der Waals surface area contributed by atoms with Gasteiger partial charge in [0.1, 0.15) is 18.2 Å². The highest BCUT2D eigenvalue weighted by Gasteiger charge is 2.08. The maximum atomic E-state index is 12.9. The van der Waals surface area contributed by atoms with Gasteiger partial charge in [0, 0.05) is 13.1 Å². The first kappa shape index (κ1) is 18.1. The van der Waals surface area contributed by atoms with E-state index in [0.29, 0.717) is 12.4 Å². The monoisotopic (exact) mass is 333 g/mol. The lowest BCUT2D eigenvalue weighted by Crippen LogP contribution is -2.27. The number of hydrogen-bond donors (Lipinski definition) is 0. The van der Waals surface area contributed by atoms with E-state index < -0.39 is 0 Å². The van der Waals surface area contributed by atoms with Crippen molar-refractivity contribution >= 4 is 0 Å². The van der Waals surface area contributed by atoms with E-state index in [-0.39, 0.29) is 5.82 Å². The minimum Gasteiger partial charge on any atom is -0.493 e. The van der Waals surface area contributed by atoms with E-state index in [1.54, 1.807) is 26.4 Å². The molecule has 0 heterocycles. The fourth-order valence-electron chi connectivity index (χ4n) is 2.41. The summed E-state index contributed by atoms with van der Waals surface area (Å²) < 4.78 is 29.1. The summed E-state index contributed by atoms with van der Waals surface area (Å²) in [4.78, 5) is 2.27. The van der Waals surface area contributed by atoms with E-state index in [4.69, 9.17) is 14.2 Å². The van der Waals surface area contributed by atoms with Crippen molar-refractivity contribution in [3.63, 3.8) is 0 Å². The first-order chi connectivity index (χ1) is 11.7. The van der Waals surface area contributed by atoms with Gasteiger partial charge in [-0.15, -0.1) is 0 Å². The number of hydrogen-bond acceptors (Lipinski definition) is 4. The molecule has 2 aromatic carbocycles. The molecule has 4 nitrogen and oxygen atoms in total. The molecule has 24 heavy (non-hydrogen) atoms. The maximum absolute atomic E-state index is 12.9. The van der Waals surface area contributed by atoms with Gasteiger partial charge in [-0.2, -0.15) is 0 Å². The molecule has 2 rings (SSSR count). The lowest BCUT2D eigenvalue weighted by atomic mass is 10.2. The summed E-state index contributed by atoms with van der Waals surface area (Å²) in [6, 6.07) is 12.0. The number of likely N-dealkylation sites (N-methyl/N-ethyl adjacent to an activating group) is 1. The van der Waals surface area contributed by atoms with Crippen molar-refractivity contribution in [2.75, 3.05) is 33.9 Å². The number of rotatable bonds is 9. The molecule has 0 spiro atoms. The molecule has 0 fully saturated rings. The van der Waals surface area contributed by atoms with Gasteiger partial charge in [0.15, 0.2) is 11.5 Å².